The van der Waals surface area contributed by atoms with Gasteiger partial charge in [-0.15, -0.1) is 16.7 Å². The monoisotopic (exact) mass is 214 g/mol. The minimum atomic E-state index is 0.390. The van der Waals surface area contributed by atoms with Gasteiger partial charge in [0.15, 0.2) is 5.82 Å². The van der Waals surface area contributed by atoms with Crippen LogP contribution < -0.4 is 0 Å². The molecule has 0 radical (unpaired) electrons. The van der Waals surface area contributed by atoms with Gasteiger partial charge in [-0.25, -0.2) is 4.68 Å². The molecule has 0 aromatic carbocycles. The van der Waals surface area contributed by atoms with Crippen molar-refractivity contribution in [1.82, 2.24) is 20.2 Å². The van der Waals surface area contributed by atoms with Gasteiger partial charge >= 0.3 is 0 Å². The molecule has 4 nitrogen and oxygen atoms in total. The lowest BCUT2D eigenvalue weighted by Crippen LogP contribution is -2.20. The van der Waals surface area contributed by atoms with Gasteiger partial charge in [0.2, 0.25) is 0 Å². The van der Waals surface area contributed by atoms with Gasteiger partial charge in [0.1, 0.15) is 0 Å². The molecule has 1 heterocycles. The van der Waals surface area contributed by atoms with E-state index < -0.39 is 0 Å². The molecule has 14 heavy (non-hydrogen) atoms. The number of alkyl halides is 1. The van der Waals surface area contributed by atoms with Crippen molar-refractivity contribution in [2.45, 2.75) is 39.1 Å². The quantitative estimate of drug-likeness (QED) is 0.719. The summed E-state index contributed by atoms with van der Waals surface area (Å²) in [5, 5.41) is 11.5. The average molecular weight is 215 g/mol. The van der Waals surface area contributed by atoms with Crippen LogP contribution in [0.4, 0.5) is 0 Å². The molecule has 0 atom stereocenters. The number of halogens is 1. The SMILES string of the molecule is CC(C)C1(Cn2nnnc2CCl)CC1. The molecule has 1 aromatic rings. The van der Waals surface area contributed by atoms with Crippen molar-refractivity contribution in [2.75, 3.05) is 0 Å². The Morgan fingerprint density at radius 3 is 2.71 bits per heavy atom. The van der Waals surface area contributed by atoms with Gasteiger partial charge in [-0.05, 0) is 34.6 Å². The highest BCUT2D eigenvalue weighted by Crippen LogP contribution is 2.53. The number of hydrogen-bond donors (Lipinski definition) is 0. The summed E-state index contributed by atoms with van der Waals surface area (Å²) < 4.78 is 1.85. The molecule has 1 fully saturated rings. The first-order chi connectivity index (χ1) is 6.68. The lowest BCUT2D eigenvalue weighted by molar-refractivity contribution is 0.289. The van der Waals surface area contributed by atoms with Crippen molar-refractivity contribution < 1.29 is 0 Å². The Labute approximate surface area is 88.6 Å². The van der Waals surface area contributed by atoms with E-state index >= 15 is 0 Å². The van der Waals surface area contributed by atoms with Crippen LogP contribution in [0.1, 0.15) is 32.5 Å². The predicted octanol–water partition coefficient (Wildman–Crippen LogP) is 1.85. The summed E-state index contributed by atoms with van der Waals surface area (Å²) in [5.41, 5.74) is 0.427. The molecule has 0 bridgehead atoms. The van der Waals surface area contributed by atoms with E-state index in [1.165, 1.54) is 12.8 Å². The first-order valence-corrected chi connectivity index (χ1v) is 5.52. The van der Waals surface area contributed by atoms with Gasteiger partial charge in [0.25, 0.3) is 0 Å². The van der Waals surface area contributed by atoms with Crippen LogP contribution in [0.5, 0.6) is 0 Å². The highest BCUT2D eigenvalue weighted by Gasteiger charge is 2.46. The number of nitrogens with zero attached hydrogens (tertiary/aromatic N) is 4. The van der Waals surface area contributed by atoms with E-state index in [2.05, 4.69) is 29.4 Å². The van der Waals surface area contributed by atoms with Gasteiger partial charge < -0.3 is 0 Å². The van der Waals surface area contributed by atoms with Crippen LogP contribution in [0.15, 0.2) is 0 Å². The summed E-state index contributed by atoms with van der Waals surface area (Å²) in [6.45, 7) is 5.44. The summed E-state index contributed by atoms with van der Waals surface area (Å²) in [6.07, 6.45) is 2.57. The number of hydrogen-bond acceptors (Lipinski definition) is 3. The fourth-order valence-electron chi connectivity index (χ4n) is 1.82. The molecule has 1 aliphatic rings. The average Bonchev–Trinajstić information content (AvgIpc) is 2.79. The second kappa shape index (κ2) is 3.50. The molecule has 0 N–H and O–H groups in total. The Hall–Kier alpha value is -0.640. The maximum absolute atomic E-state index is 5.74. The van der Waals surface area contributed by atoms with E-state index in [0.29, 0.717) is 17.2 Å². The molecule has 0 spiro atoms. The van der Waals surface area contributed by atoms with E-state index in [1.807, 2.05) is 4.68 Å². The molecule has 1 aromatic heterocycles. The second-order valence-electron chi connectivity index (χ2n) is 4.40. The third-order valence-electron chi connectivity index (χ3n) is 3.31. The molecular weight excluding hydrogens is 200 g/mol. The van der Waals surface area contributed by atoms with Crippen LogP contribution in [-0.4, -0.2) is 20.2 Å². The van der Waals surface area contributed by atoms with Gasteiger partial charge in [-0.1, -0.05) is 13.8 Å². The van der Waals surface area contributed by atoms with Crippen molar-refractivity contribution in [3.63, 3.8) is 0 Å². The van der Waals surface area contributed by atoms with E-state index in [9.17, 15) is 0 Å². The van der Waals surface area contributed by atoms with Crippen LogP contribution >= 0.6 is 11.6 Å². The number of rotatable bonds is 4. The topological polar surface area (TPSA) is 43.6 Å². The third-order valence-corrected chi connectivity index (χ3v) is 3.55. The molecule has 78 valence electrons. The maximum Gasteiger partial charge on any atom is 0.166 e. The molecule has 1 saturated carbocycles. The summed E-state index contributed by atoms with van der Waals surface area (Å²) in [6, 6.07) is 0. The molecule has 2 rings (SSSR count). The first-order valence-electron chi connectivity index (χ1n) is 4.99. The first kappa shape index (κ1) is 9.90. The second-order valence-corrected chi connectivity index (χ2v) is 4.67. The summed E-state index contributed by atoms with van der Waals surface area (Å²) in [7, 11) is 0. The summed E-state index contributed by atoms with van der Waals surface area (Å²) in [5.74, 6) is 1.86. The van der Waals surface area contributed by atoms with Crippen LogP contribution in [0, 0.1) is 11.3 Å². The fourth-order valence-corrected chi connectivity index (χ4v) is 2.01. The highest BCUT2D eigenvalue weighted by atomic mass is 35.5. The fraction of sp³-hybridized carbons (Fsp3) is 0.889. The van der Waals surface area contributed by atoms with Gasteiger partial charge in [0, 0.05) is 0 Å². The van der Waals surface area contributed by atoms with Crippen LogP contribution in [0.3, 0.4) is 0 Å². The van der Waals surface area contributed by atoms with E-state index in [0.717, 1.165) is 12.4 Å². The van der Waals surface area contributed by atoms with E-state index in [4.69, 9.17) is 11.6 Å². The Kier molecular flexibility index (Phi) is 2.47. The minimum Gasteiger partial charge on any atom is -0.228 e. The molecule has 0 saturated heterocycles. The molecule has 1 aliphatic carbocycles. The molecule has 5 heteroatoms. The molecule has 0 amide bonds. The van der Waals surface area contributed by atoms with Crippen molar-refractivity contribution in [2.24, 2.45) is 11.3 Å². The Morgan fingerprint density at radius 2 is 2.21 bits per heavy atom. The zero-order valence-corrected chi connectivity index (χ0v) is 9.33. The molecule has 0 unspecified atom stereocenters. The van der Waals surface area contributed by atoms with Crippen LogP contribution in [-0.2, 0) is 12.4 Å². The van der Waals surface area contributed by atoms with Crippen molar-refractivity contribution >= 4 is 11.6 Å². The lowest BCUT2D eigenvalue weighted by atomic mass is 9.92. The lowest BCUT2D eigenvalue weighted by Gasteiger charge is -2.19. The number of tetrazole rings is 1. The number of aromatic nitrogens is 4. The summed E-state index contributed by atoms with van der Waals surface area (Å²) in [4.78, 5) is 0. The normalized spacial score (nSPS) is 18.9. The standard InChI is InChI=1S/C9H15ClN4/c1-7(2)9(3-4-9)6-14-8(5-10)11-12-13-14/h7H,3-6H2,1-2H3. The smallest absolute Gasteiger partial charge is 0.166 e. The van der Waals surface area contributed by atoms with Crippen molar-refractivity contribution in [3.05, 3.63) is 5.82 Å². The maximum atomic E-state index is 5.74. The van der Waals surface area contributed by atoms with Gasteiger partial charge in [-0.3, -0.25) is 0 Å². The minimum absolute atomic E-state index is 0.390. The van der Waals surface area contributed by atoms with Crippen LogP contribution in [0.2, 0.25) is 0 Å². The summed E-state index contributed by atoms with van der Waals surface area (Å²) >= 11 is 5.74. The Morgan fingerprint density at radius 1 is 1.50 bits per heavy atom. The zero-order valence-electron chi connectivity index (χ0n) is 8.57. The van der Waals surface area contributed by atoms with E-state index in [-0.39, 0.29) is 0 Å². The highest BCUT2D eigenvalue weighted by molar-refractivity contribution is 6.16. The molecule has 0 aliphatic heterocycles. The van der Waals surface area contributed by atoms with Crippen molar-refractivity contribution in [3.8, 4) is 0 Å². The van der Waals surface area contributed by atoms with Crippen LogP contribution in [0.25, 0.3) is 0 Å². The van der Waals surface area contributed by atoms with Gasteiger partial charge in [-0.2, -0.15) is 0 Å². The van der Waals surface area contributed by atoms with E-state index in [1.54, 1.807) is 0 Å². The third kappa shape index (κ3) is 1.63. The molecular formula is C9H15ClN4. The largest absolute Gasteiger partial charge is 0.228 e. The van der Waals surface area contributed by atoms with Crippen molar-refractivity contribution in [1.29, 1.82) is 0 Å². The zero-order chi connectivity index (χ0) is 10.2. The Balaban J connectivity index is 2.11. The predicted molar refractivity (Wildman–Crippen MR) is 53.9 cm³/mol. The van der Waals surface area contributed by atoms with Gasteiger partial charge in [0.05, 0.1) is 12.4 Å². The Bertz CT molecular complexity index is 316.